The summed E-state index contributed by atoms with van der Waals surface area (Å²) >= 11 is 0. The Bertz CT molecular complexity index is 742. The predicted molar refractivity (Wildman–Crippen MR) is 93.8 cm³/mol. The van der Waals surface area contributed by atoms with Gasteiger partial charge in [-0.05, 0) is 43.2 Å². The largest absolute Gasteiger partial charge is 0.326 e. The maximum Gasteiger partial charge on any atom is 0.240 e. The number of carbonyl (C=O) groups is 2. The lowest BCUT2D eigenvalue weighted by molar-refractivity contribution is -0.124. The van der Waals surface area contributed by atoms with Crippen LogP contribution >= 0.6 is 0 Å². The number of hydrogen-bond donors (Lipinski definition) is 2. The van der Waals surface area contributed by atoms with Crippen LogP contribution in [0.3, 0.4) is 0 Å². The Kier molecular flexibility index (Phi) is 6.19. The first-order chi connectivity index (χ1) is 11.5. The molecule has 0 aliphatic rings. The number of hydrazone groups is 1. The van der Waals surface area contributed by atoms with Crippen molar-refractivity contribution in [2.24, 2.45) is 5.10 Å². The second-order valence-electron chi connectivity index (χ2n) is 5.43. The maximum absolute atomic E-state index is 11.9. The second kappa shape index (κ2) is 8.57. The van der Waals surface area contributed by atoms with Gasteiger partial charge in [-0.1, -0.05) is 12.1 Å². The van der Waals surface area contributed by atoms with Gasteiger partial charge in [-0.2, -0.15) is 5.10 Å². The van der Waals surface area contributed by atoms with E-state index in [-0.39, 0.29) is 24.7 Å². The molecule has 0 radical (unpaired) electrons. The van der Waals surface area contributed by atoms with Crippen LogP contribution in [0.1, 0.15) is 29.5 Å². The van der Waals surface area contributed by atoms with Crippen molar-refractivity contribution in [2.75, 3.05) is 5.32 Å². The van der Waals surface area contributed by atoms with E-state index in [1.165, 1.54) is 11.8 Å². The summed E-state index contributed by atoms with van der Waals surface area (Å²) in [5, 5.41) is 6.61. The standard InChI is InChI=1S/C18H20N4O2/c1-13-5-6-16(10-14(13)2)21-17(23)7-8-18(24)22-20-12-15-4-3-9-19-11-15/h3-6,9-12H,7-8H2,1-2H3,(H,21,23)(H,22,24)/b20-12+. The van der Waals surface area contributed by atoms with Crippen LogP contribution in [0.15, 0.2) is 47.8 Å². The monoisotopic (exact) mass is 324 g/mol. The van der Waals surface area contributed by atoms with E-state index in [2.05, 4.69) is 20.8 Å². The van der Waals surface area contributed by atoms with Crippen LogP contribution in [-0.4, -0.2) is 23.0 Å². The first-order valence-corrected chi connectivity index (χ1v) is 7.63. The fourth-order valence-corrected chi connectivity index (χ4v) is 1.96. The zero-order valence-corrected chi connectivity index (χ0v) is 13.7. The van der Waals surface area contributed by atoms with Crippen molar-refractivity contribution in [1.82, 2.24) is 10.4 Å². The molecule has 0 aliphatic carbocycles. The van der Waals surface area contributed by atoms with Gasteiger partial charge in [-0.3, -0.25) is 14.6 Å². The van der Waals surface area contributed by atoms with Gasteiger partial charge >= 0.3 is 0 Å². The highest BCUT2D eigenvalue weighted by atomic mass is 16.2. The lowest BCUT2D eigenvalue weighted by Gasteiger charge is -2.07. The Morgan fingerprint density at radius 1 is 1.12 bits per heavy atom. The van der Waals surface area contributed by atoms with Gasteiger partial charge in [0.1, 0.15) is 0 Å². The van der Waals surface area contributed by atoms with Gasteiger partial charge in [-0.25, -0.2) is 5.43 Å². The zero-order chi connectivity index (χ0) is 17.4. The first kappa shape index (κ1) is 17.3. The topological polar surface area (TPSA) is 83.5 Å². The number of pyridine rings is 1. The fraction of sp³-hybridized carbons (Fsp3) is 0.222. The molecule has 2 amide bonds. The summed E-state index contributed by atoms with van der Waals surface area (Å²) in [5.41, 5.74) is 6.18. The molecule has 0 saturated heterocycles. The summed E-state index contributed by atoms with van der Waals surface area (Å²) in [4.78, 5) is 27.5. The van der Waals surface area contributed by atoms with Crippen LogP contribution in [0.4, 0.5) is 5.69 Å². The summed E-state index contributed by atoms with van der Waals surface area (Å²) < 4.78 is 0. The third kappa shape index (κ3) is 5.64. The van der Waals surface area contributed by atoms with Crippen LogP contribution in [0.2, 0.25) is 0 Å². The molecule has 0 aliphatic heterocycles. The lowest BCUT2D eigenvalue weighted by atomic mass is 10.1. The Morgan fingerprint density at radius 3 is 2.62 bits per heavy atom. The average molecular weight is 324 g/mol. The van der Waals surface area contributed by atoms with Crippen LogP contribution in [0, 0.1) is 13.8 Å². The average Bonchev–Trinajstić information content (AvgIpc) is 2.57. The molecule has 1 aromatic heterocycles. The maximum atomic E-state index is 11.9. The van der Waals surface area contributed by atoms with Crippen LogP contribution in [0.25, 0.3) is 0 Å². The van der Waals surface area contributed by atoms with E-state index < -0.39 is 0 Å². The van der Waals surface area contributed by atoms with Crippen molar-refractivity contribution in [3.05, 3.63) is 59.4 Å². The van der Waals surface area contributed by atoms with E-state index in [1.54, 1.807) is 18.5 Å². The first-order valence-electron chi connectivity index (χ1n) is 7.63. The summed E-state index contributed by atoms with van der Waals surface area (Å²) in [6.07, 6.45) is 4.96. The molecule has 1 aromatic carbocycles. The molecular weight excluding hydrogens is 304 g/mol. The molecule has 0 saturated carbocycles. The molecule has 124 valence electrons. The number of anilines is 1. The highest BCUT2D eigenvalue weighted by Gasteiger charge is 2.07. The van der Waals surface area contributed by atoms with E-state index in [1.807, 2.05) is 38.1 Å². The Balaban J connectivity index is 1.73. The molecule has 0 atom stereocenters. The number of rotatable bonds is 6. The molecule has 24 heavy (non-hydrogen) atoms. The van der Waals surface area contributed by atoms with Gasteiger partial charge in [0.2, 0.25) is 11.8 Å². The summed E-state index contributed by atoms with van der Waals surface area (Å²) in [6.45, 7) is 4.00. The predicted octanol–water partition coefficient (Wildman–Crippen LogP) is 2.57. The molecular formula is C18H20N4O2. The molecule has 1 heterocycles. The third-order valence-electron chi connectivity index (χ3n) is 3.46. The van der Waals surface area contributed by atoms with Gasteiger partial charge < -0.3 is 5.32 Å². The number of nitrogens with one attached hydrogen (secondary N) is 2. The van der Waals surface area contributed by atoms with Gasteiger partial charge in [0.25, 0.3) is 0 Å². The van der Waals surface area contributed by atoms with Crippen LogP contribution < -0.4 is 10.7 Å². The highest BCUT2D eigenvalue weighted by Crippen LogP contribution is 2.14. The van der Waals surface area contributed by atoms with E-state index in [0.717, 1.165) is 16.8 Å². The van der Waals surface area contributed by atoms with Crippen molar-refractivity contribution in [2.45, 2.75) is 26.7 Å². The fourth-order valence-electron chi connectivity index (χ4n) is 1.96. The smallest absolute Gasteiger partial charge is 0.240 e. The van der Waals surface area contributed by atoms with Gasteiger partial charge in [-0.15, -0.1) is 0 Å². The Labute approximate surface area is 141 Å². The molecule has 0 bridgehead atoms. The van der Waals surface area contributed by atoms with Gasteiger partial charge in [0.05, 0.1) is 6.21 Å². The number of carbonyl (C=O) groups excluding carboxylic acids is 2. The van der Waals surface area contributed by atoms with Crippen LogP contribution in [-0.2, 0) is 9.59 Å². The normalized spacial score (nSPS) is 10.6. The van der Waals surface area contributed by atoms with E-state index in [9.17, 15) is 9.59 Å². The van der Waals surface area contributed by atoms with Crippen LogP contribution in [0.5, 0.6) is 0 Å². The zero-order valence-electron chi connectivity index (χ0n) is 13.7. The van der Waals surface area contributed by atoms with Crippen molar-refractivity contribution in [1.29, 1.82) is 0 Å². The number of aryl methyl sites for hydroxylation is 2. The summed E-state index contributed by atoms with van der Waals surface area (Å²) in [6, 6.07) is 9.30. The molecule has 6 heteroatoms. The molecule has 2 aromatic rings. The van der Waals surface area contributed by atoms with Crippen molar-refractivity contribution < 1.29 is 9.59 Å². The molecule has 2 rings (SSSR count). The Hall–Kier alpha value is -3.02. The molecule has 0 spiro atoms. The quantitative estimate of drug-likeness (QED) is 0.633. The third-order valence-corrected chi connectivity index (χ3v) is 3.46. The minimum Gasteiger partial charge on any atom is -0.326 e. The minimum atomic E-state index is -0.314. The van der Waals surface area contributed by atoms with Crippen molar-refractivity contribution in [3.8, 4) is 0 Å². The number of aromatic nitrogens is 1. The van der Waals surface area contributed by atoms with Gasteiger partial charge in [0, 0.05) is 36.5 Å². The molecule has 2 N–H and O–H groups in total. The summed E-state index contributed by atoms with van der Waals surface area (Å²) in [7, 11) is 0. The molecule has 0 fully saturated rings. The number of amides is 2. The number of hydrogen-bond acceptors (Lipinski definition) is 4. The van der Waals surface area contributed by atoms with E-state index in [0.29, 0.717) is 0 Å². The second-order valence-corrected chi connectivity index (χ2v) is 5.43. The molecule has 0 unspecified atom stereocenters. The van der Waals surface area contributed by atoms with Crippen molar-refractivity contribution in [3.63, 3.8) is 0 Å². The van der Waals surface area contributed by atoms with E-state index >= 15 is 0 Å². The van der Waals surface area contributed by atoms with Crippen molar-refractivity contribution >= 4 is 23.7 Å². The Morgan fingerprint density at radius 2 is 1.92 bits per heavy atom. The SMILES string of the molecule is Cc1ccc(NC(=O)CCC(=O)N/N=C/c2cccnc2)cc1C. The highest BCUT2D eigenvalue weighted by molar-refractivity contribution is 5.93. The number of benzene rings is 1. The summed E-state index contributed by atoms with van der Waals surface area (Å²) in [5.74, 6) is -0.519. The lowest BCUT2D eigenvalue weighted by Crippen LogP contribution is -2.20. The molecule has 6 nitrogen and oxygen atoms in total. The van der Waals surface area contributed by atoms with E-state index in [4.69, 9.17) is 0 Å². The number of nitrogens with zero attached hydrogens (tertiary/aromatic N) is 2. The minimum absolute atomic E-state index is 0.0705. The van der Waals surface area contributed by atoms with Gasteiger partial charge in [0.15, 0.2) is 0 Å².